The highest BCUT2D eigenvalue weighted by Gasteiger charge is 2.25. The van der Waals surface area contributed by atoms with Gasteiger partial charge in [-0.05, 0) is 31.4 Å². The number of likely N-dealkylation sites (tertiary alicyclic amines) is 1. The van der Waals surface area contributed by atoms with Gasteiger partial charge < -0.3 is 10.6 Å². The molecule has 1 aliphatic rings. The summed E-state index contributed by atoms with van der Waals surface area (Å²) in [7, 11) is 0. The Kier molecular flexibility index (Phi) is 4.64. The fraction of sp³-hybridized carbons (Fsp3) is 0.571. The Morgan fingerprint density at radius 2 is 2.26 bits per heavy atom. The van der Waals surface area contributed by atoms with Crippen LogP contribution in [-0.2, 0) is 0 Å². The van der Waals surface area contributed by atoms with E-state index in [9.17, 15) is 4.79 Å². The molecule has 1 amide bonds. The summed E-state index contributed by atoms with van der Waals surface area (Å²) < 4.78 is 0. The van der Waals surface area contributed by atoms with Crippen molar-refractivity contribution in [3.05, 3.63) is 22.8 Å². The number of nitrogen functional groups attached to an aromatic ring is 1. The summed E-state index contributed by atoms with van der Waals surface area (Å²) in [5, 5.41) is 0.270. The van der Waals surface area contributed by atoms with Crippen molar-refractivity contribution >= 4 is 23.3 Å². The topological polar surface area (TPSA) is 59.2 Å². The number of aromatic nitrogens is 1. The van der Waals surface area contributed by atoms with Gasteiger partial charge in [-0.25, -0.2) is 4.98 Å². The summed E-state index contributed by atoms with van der Waals surface area (Å²) in [6, 6.07) is 3.52. The van der Waals surface area contributed by atoms with Crippen LogP contribution in [0.2, 0.25) is 5.15 Å². The van der Waals surface area contributed by atoms with E-state index in [2.05, 4.69) is 11.9 Å². The molecule has 104 valence electrons. The van der Waals surface area contributed by atoms with Gasteiger partial charge in [0.2, 0.25) is 0 Å². The van der Waals surface area contributed by atoms with Crippen LogP contribution in [-0.4, -0.2) is 28.4 Å². The van der Waals surface area contributed by atoms with Gasteiger partial charge in [0.05, 0.1) is 0 Å². The van der Waals surface area contributed by atoms with E-state index in [0.29, 0.717) is 17.4 Å². The van der Waals surface area contributed by atoms with E-state index < -0.39 is 0 Å². The summed E-state index contributed by atoms with van der Waals surface area (Å²) in [5.41, 5.74) is 6.20. The Hall–Kier alpha value is -1.29. The molecule has 2 heterocycles. The van der Waals surface area contributed by atoms with Crippen molar-refractivity contribution in [1.82, 2.24) is 9.88 Å². The lowest BCUT2D eigenvalue weighted by Gasteiger charge is -2.29. The predicted octanol–water partition coefficient (Wildman–Crippen LogP) is 3.11. The molecule has 0 spiro atoms. The molecule has 0 saturated carbocycles. The molecule has 5 heteroatoms. The van der Waals surface area contributed by atoms with Crippen molar-refractivity contribution in [3.8, 4) is 0 Å². The van der Waals surface area contributed by atoms with Crippen molar-refractivity contribution in [2.45, 2.75) is 45.1 Å². The molecule has 1 unspecified atom stereocenters. The van der Waals surface area contributed by atoms with Crippen molar-refractivity contribution in [1.29, 1.82) is 0 Å². The molecule has 0 aromatic carbocycles. The Labute approximate surface area is 118 Å². The standard InChI is InChI=1S/C14H20ClN3O/c1-2-11-6-4-3-5-7-18(11)14(19)10-8-12(15)17-13(16)9-10/h8-9,11H,2-7H2,1H3,(H2,16,17). The van der Waals surface area contributed by atoms with Crippen LogP contribution in [0.1, 0.15) is 49.4 Å². The third-order valence-electron chi connectivity index (χ3n) is 3.67. The molecule has 1 aliphatic heterocycles. The zero-order valence-corrected chi connectivity index (χ0v) is 12.0. The van der Waals surface area contributed by atoms with Gasteiger partial charge in [0.15, 0.2) is 0 Å². The molecule has 1 aromatic heterocycles. The second kappa shape index (κ2) is 6.24. The van der Waals surface area contributed by atoms with Gasteiger partial charge in [-0.1, -0.05) is 31.4 Å². The number of amides is 1. The maximum Gasteiger partial charge on any atom is 0.254 e. The Bertz CT molecular complexity index is 444. The molecule has 2 N–H and O–H groups in total. The van der Waals surface area contributed by atoms with Gasteiger partial charge in [0, 0.05) is 18.2 Å². The van der Waals surface area contributed by atoms with E-state index in [-0.39, 0.29) is 11.1 Å². The molecule has 4 nitrogen and oxygen atoms in total. The first kappa shape index (κ1) is 14.1. The molecular formula is C14H20ClN3O. The number of nitrogens with two attached hydrogens (primary N) is 1. The van der Waals surface area contributed by atoms with Crippen LogP contribution in [0.15, 0.2) is 12.1 Å². The van der Waals surface area contributed by atoms with Crippen LogP contribution >= 0.6 is 11.6 Å². The predicted molar refractivity (Wildman–Crippen MR) is 77.2 cm³/mol. The largest absolute Gasteiger partial charge is 0.384 e. The van der Waals surface area contributed by atoms with Gasteiger partial charge in [-0.15, -0.1) is 0 Å². The number of hydrogen-bond acceptors (Lipinski definition) is 3. The number of anilines is 1. The fourth-order valence-corrected chi connectivity index (χ4v) is 2.89. The molecule has 1 saturated heterocycles. The highest BCUT2D eigenvalue weighted by atomic mass is 35.5. The molecule has 1 aromatic rings. The van der Waals surface area contributed by atoms with Crippen LogP contribution in [0.4, 0.5) is 5.82 Å². The number of carbonyl (C=O) groups excluding carboxylic acids is 1. The molecule has 0 aliphatic carbocycles. The van der Waals surface area contributed by atoms with Crippen LogP contribution < -0.4 is 5.73 Å². The van der Waals surface area contributed by atoms with E-state index in [1.165, 1.54) is 12.8 Å². The van der Waals surface area contributed by atoms with E-state index in [4.69, 9.17) is 17.3 Å². The number of hydrogen-bond donors (Lipinski definition) is 1. The average molecular weight is 282 g/mol. The molecule has 1 atom stereocenters. The van der Waals surface area contributed by atoms with E-state index >= 15 is 0 Å². The zero-order chi connectivity index (χ0) is 13.8. The monoisotopic (exact) mass is 281 g/mol. The van der Waals surface area contributed by atoms with E-state index in [1.807, 2.05) is 4.90 Å². The Morgan fingerprint density at radius 1 is 1.47 bits per heavy atom. The third kappa shape index (κ3) is 3.38. The van der Waals surface area contributed by atoms with Crippen molar-refractivity contribution < 1.29 is 4.79 Å². The number of halogens is 1. The number of pyridine rings is 1. The van der Waals surface area contributed by atoms with Crippen LogP contribution in [0.3, 0.4) is 0 Å². The number of nitrogens with zero attached hydrogens (tertiary/aromatic N) is 2. The highest BCUT2D eigenvalue weighted by Crippen LogP contribution is 2.22. The quantitative estimate of drug-likeness (QED) is 0.848. The van der Waals surface area contributed by atoms with Crippen molar-refractivity contribution in [3.63, 3.8) is 0 Å². The summed E-state index contributed by atoms with van der Waals surface area (Å²) in [6.07, 6.45) is 5.52. The second-order valence-corrected chi connectivity index (χ2v) is 5.40. The van der Waals surface area contributed by atoms with Gasteiger partial charge in [-0.2, -0.15) is 0 Å². The molecule has 1 fully saturated rings. The summed E-state index contributed by atoms with van der Waals surface area (Å²) in [6.45, 7) is 2.95. The van der Waals surface area contributed by atoms with Gasteiger partial charge >= 0.3 is 0 Å². The summed E-state index contributed by atoms with van der Waals surface area (Å²) in [5.74, 6) is 0.309. The number of carbonyl (C=O) groups is 1. The fourth-order valence-electron chi connectivity index (χ4n) is 2.68. The molecule has 0 bridgehead atoms. The van der Waals surface area contributed by atoms with Crippen LogP contribution in [0, 0.1) is 0 Å². The van der Waals surface area contributed by atoms with Crippen molar-refractivity contribution in [2.24, 2.45) is 0 Å². The molecule has 19 heavy (non-hydrogen) atoms. The summed E-state index contributed by atoms with van der Waals surface area (Å²) >= 11 is 5.87. The SMILES string of the molecule is CCC1CCCCCN1C(=O)c1cc(N)nc(Cl)c1. The normalized spacial score (nSPS) is 20.1. The minimum Gasteiger partial charge on any atom is -0.384 e. The minimum absolute atomic E-state index is 0.0183. The maximum absolute atomic E-state index is 12.6. The lowest BCUT2D eigenvalue weighted by atomic mass is 10.1. The lowest BCUT2D eigenvalue weighted by Crippen LogP contribution is -2.39. The lowest BCUT2D eigenvalue weighted by molar-refractivity contribution is 0.0678. The third-order valence-corrected chi connectivity index (χ3v) is 3.86. The Morgan fingerprint density at radius 3 is 2.95 bits per heavy atom. The maximum atomic E-state index is 12.6. The molecule has 0 radical (unpaired) electrons. The minimum atomic E-state index is 0.0183. The smallest absolute Gasteiger partial charge is 0.254 e. The van der Waals surface area contributed by atoms with E-state index in [1.54, 1.807) is 12.1 Å². The van der Waals surface area contributed by atoms with Gasteiger partial charge in [0.1, 0.15) is 11.0 Å². The highest BCUT2D eigenvalue weighted by molar-refractivity contribution is 6.29. The molecular weight excluding hydrogens is 262 g/mol. The first-order chi connectivity index (χ1) is 9.11. The van der Waals surface area contributed by atoms with Gasteiger partial charge in [-0.3, -0.25) is 4.79 Å². The van der Waals surface area contributed by atoms with Gasteiger partial charge in [0.25, 0.3) is 5.91 Å². The van der Waals surface area contributed by atoms with Crippen LogP contribution in [0.25, 0.3) is 0 Å². The first-order valence-electron chi connectivity index (χ1n) is 6.86. The zero-order valence-electron chi connectivity index (χ0n) is 11.2. The summed E-state index contributed by atoms with van der Waals surface area (Å²) in [4.78, 5) is 18.5. The second-order valence-electron chi connectivity index (χ2n) is 5.01. The molecule has 2 rings (SSSR count). The Balaban J connectivity index is 2.25. The van der Waals surface area contributed by atoms with E-state index in [0.717, 1.165) is 25.8 Å². The van der Waals surface area contributed by atoms with Crippen molar-refractivity contribution in [2.75, 3.05) is 12.3 Å². The number of rotatable bonds is 2. The first-order valence-corrected chi connectivity index (χ1v) is 7.23. The average Bonchev–Trinajstić information content (AvgIpc) is 2.61. The van der Waals surface area contributed by atoms with Crippen LogP contribution in [0.5, 0.6) is 0 Å².